The average molecular weight is 407 g/mol. The first kappa shape index (κ1) is 21.2. The Balaban J connectivity index is 1.83. The Labute approximate surface area is 174 Å². The quantitative estimate of drug-likeness (QED) is 0.580. The van der Waals surface area contributed by atoms with Gasteiger partial charge in [0.15, 0.2) is 6.61 Å². The fourth-order valence-electron chi connectivity index (χ4n) is 3.05. The molecular weight excluding hydrogens is 382 g/mol. The van der Waals surface area contributed by atoms with E-state index in [2.05, 4.69) is 10.3 Å². The number of nitrogens with one attached hydrogen (secondary N) is 1. The number of rotatable bonds is 8. The number of carbonyl (C=O) groups is 2. The van der Waals surface area contributed by atoms with Crippen molar-refractivity contribution in [1.82, 2.24) is 14.9 Å². The number of benzene rings is 2. The van der Waals surface area contributed by atoms with Crippen LogP contribution < -0.4 is 10.9 Å². The van der Waals surface area contributed by atoms with Gasteiger partial charge < -0.3 is 10.1 Å². The highest BCUT2D eigenvalue weighted by Gasteiger charge is 2.15. The van der Waals surface area contributed by atoms with Crippen molar-refractivity contribution in [3.63, 3.8) is 0 Å². The largest absolute Gasteiger partial charge is 0.456 e. The number of para-hydroxylation sites is 1. The molecule has 2 aromatic carbocycles. The van der Waals surface area contributed by atoms with Crippen molar-refractivity contribution in [2.24, 2.45) is 0 Å². The van der Waals surface area contributed by atoms with Gasteiger partial charge in [0.1, 0.15) is 5.82 Å². The predicted octanol–water partition coefficient (Wildman–Crippen LogP) is 2.70. The molecule has 1 amide bonds. The summed E-state index contributed by atoms with van der Waals surface area (Å²) < 4.78 is 6.57. The first-order valence-corrected chi connectivity index (χ1v) is 9.99. The van der Waals surface area contributed by atoms with Crippen molar-refractivity contribution in [1.29, 1.82) is 0 Å². The van der Waals surface area contributed by atoms with Gasteiger partial charge in [-0.2, -0.15) is 0 Å². The number of aryl methyl sites for hydroxylation is 2. The van der Waals surface area contributed by atoms with Gasteiger partial charge in [-0.05, 0) is 37.6 Å². The highest BCUT2D eigenvalue weighted by Crippen LogP contribution is 2.15. The summed E-state index contributed by atoms with van der Waals surface area (Å²) in [7, 11) is 0. The maximum atomic E-state index is 13.1. The van der Waals surface area contributed by atoms with Crippen LogP contribution in [0.5, 0.6) is 0 Å². The minimum absolute atomic E-state index is 0.0116. The Morgan fingerprint density at radius 2 is 1.83 bits per heavy atom. The molecule has 0 spiro atoms. The van der Waals surface area contributed by atoms with Gasteiger partial charge in [-0.1, -0.05) is 36.8 Å². The number of aromatic nitrogens is 2. The highest BCUT2D eigenvalue weighted by molar-refractivity contribution is 5.80. The second-order valence-corrected chi connectivity index (χ2v) is 7.03. The lowest BCUT2D eigenvalue weighted by atomic mass is 10.2. The van der Waals surface area contributed by atoms with Crippen LogP contribution in [-0.4, -0.2) is 34.6 Å². The third-order valence-corrected chi connectivity index (χ3v) is 4.63. The molecule has 0 aliphatic heterocycles. The molecule has 3 aromatic rings. The van der Waals surface area contributed by atoms with Crippen molar-refractivity contribution in [2.75, 3.05) is 13.2 Å². The number of carbonyl (C=O) groups excluding carboxylic acids is 2. The minimum atomic E-state index is -0.514. The summed E-state index contributed by atoms with van der Waals surface area (Å²) in [5.74, 6) is -0.375. The monoisotopic (exact) mass is 407 g/mol. The molecule has 0 aliphatic carbocycles. The lowest BCUT2D eigenvalue weighted by Crippen LogP contribution is -2.29. The van der Waals surface area contributed by atoms with Crippen molar-refractivity contribution in [3.05, 3.63) is 70.3 Å². The van der Waals surface area contributed by atoms with Gasteiger partial charge in [0.25, 0.3) is 11.5 Å². The van der Waals surface area contributed by atoms with Crippen LogP contribution in [-0.2, 0) is 20.7 Å². The minimum Gasteiger partial charge on any atom is -0.456 e. The van der Waals surface area contributed by atoms with Crippen molar-refractivity contribution in [2.45, 2.75) is 33.1 Å². The molecule has 1 aromatic heterocycles. The number of hydrogen-bond acceptors (Lipinski definition) is 5. The standard InChI is InChI=1S/C23H25N3O4/c1-3-14-24-21(27)15-30-22(28)13-12-20-25-19-7-5-4-6-18(19)23(29)26(20)17-10-8-16(2)9-11-17/h4-11H,3,12-15H2,1-2H3,(H,24,27). The van der Waals surface area contributed by atoms with Gasteiger partial charge in [0.2, 0.25) is 0 Å². The smallest absolute Gasteiger partial charge is 0.306 e. The number of fused-ring (bicyclic) bond motifs is 1. The third-order valence-electron chi connectivity index (χ3n) is 4.63. The highest BCUT2D eigenvalue weighted by atomic mass is 16.5. The van der Waals surface area contributed by atoms with Gasteiger partial charge in [0, 0.05) is 13.0 Å². The zero-order valence-electron chi connectivity index (χ0n) is 17.2. The van der Waals surface area contributed by atoms with Crippen LogP contribution in [0.15, 0.2) is 53.3 Å². The Bertz CT molecular complexity index is 1100. The molecule has 0 radical (unpaired) electrons. The fraction of sp³-hybridized carbons (Fsp3) is 0.304. The van der Waals surface area contributed by atoms with Crippen LogP contribution in [0.2, 0.25) is 0 Å². The first-order chi connectivity index (χ1) is 14.5. The first-order valence-electron chi connectivity index (χ1n) is 9.99. The summed E-state index contributed by atoms with van der Waals surface area (Å²) in [5.41, 5.74) is 2.15. The third kappa shape index (κ3) is 5.11. The van der Waals surface area contributed by atoms with Gasteiger partial charge in [-0.3, -0.25) is 19.0 Å². The SMILES string of the molecule is CCCNC(=O)COC(=O)CCc1nc2ccccc2c(=O)n1-c1ccc(C)cc1. The number of nitrogens with zero attached hydrogens (tertiary/aromatic N) is 2. The Morgan fingerprint density at radius 3 is 2.57 bits per heavy atom. The van der Waals surface area contributed by atoms with E-state index >= 15 is 0 Å². The van der Waals surface area contributed by atoms with E-state index in [-0.39, 0.29) is 30.9 Å². The van der Waals surface area contributed by atoms with E-state index in [1.165, 1.54) is 4.57 Å². The van der Waals surface area contributed by atoms with E-state index in [0.717, 1.165) is 12.0 Å². The number of amides is 1. The molecule has 156 valence electrons. The van der Waals surface area contributed by atoms with Crippen molar-refractivity contribution in [3.8, 4) is 5.69 Å². The summed E-state index contributed by atoms with van der Waals surface area (Å²) in [4.78, 5) is 41.5. The average Bonchev–Trinajstić information content (AvgIpc) is 2.76. The normalized spacial score (nSPS) is 10.7. The molecule has 7 heteroatoms. The lowest BCUT2D eigenvalue weighted by Gasteiger charge is -2.14. The summed E-state index contributed by atoms with van der Waals surface area (Å²) in [6, 6.07) is 14.7. The second-order valence-electron chi connectivity index (χ2n) is 7.03. The van der Waals surface area contributed by atoms with E-state index < -0.39 is 5.97 Å². The maximum absolute atomic E-state index is 13.1. The predicted molar refractivity (Wildman–Crippen MR) is 115 cm³/mol. The molecule has 7 nitrogen and oxygen atoms in total. The molecule has 1 N–H and O–H groups in total. The summed E-state index contributed by atoms with van der Waals surface area (Å²) in [5, 5.41) is 3.16. The molecule has 1 heterocycles. The van der Waals surface area contributed by atoms with Crippen molar-refractivity contribution < 1.29 is 14.3 Å². The number of esters is 1. The van der Waals surface area contributed by atoms with Crippen LogP contribution >= 0.6 is 0 Å². The van der Waals surface area contributed by atoms with E-state index in [1.54, 1.807) is 18.2 Å². The van der Waals surface area contributed by atoms with E-state index in [4.69, 9.17) is 4.74 Å². The number of ether oxygens (including phenoxy) is 1. The Kier molecular flexibility index (Phi) is 6.95. The molecule has 0 unspecified atom stereocenters. The molecular formula is C23H25N3O4. The van der Waals surface area contributed by atoms with Crippen molar-refractivity contribution >= 4 is 22.8 Å². The zero-order valence-corrected chi connectivity index (χ0v) is 17.2. The molecule has 0 fully saturated rings. The van der Waals surface area contributed by atoms with E-state index in [9.17, 15) is 14.4 Å². The van der Waals surface area contributed by atoms with Crippen LogP contribution in [0.25, 0.3) is 16.6 Å². The maximum Gasteiger partial charge on any atom is 0.306 e. The van der Waals surface area contributed by atoms with Crippen LogP contribution in [0.1, 0.15) is 31.2 Å². The van der Waals surface area contributed by atoms with Gasteiger partial charge in [-0.25, -0.2) is 4.98 Å². The topological polar surface area (TPSA) is 90.3 Å². The van der Waals surface area contributed by atoms with Crippen LogP contribution in [0.4, 0.5) is 0 Å². The summed E-state index contributed by atoms with van der Waals surface area (Å²) in [6.07, 6.45) is 1.03. The summed E-state index contributed by atoms with van der Waals surface area (Å²) >= 11 is 0. The van der Waals surface area contributed by atoms with E-state index in [1.807, 2.05) is 44.2 Å². The Morgan fingerprint density at radius 1 is 1.10 bits per heavy atom. The van der Waals surface area contributed by atoms with Crippen LogP contribution in [0, 0.1) is 6.92 Å². The molecule has 0 atom stereocenters. The fourth-order valence-corrected chi connectivity index (χ4v) is 3.05. The molecule has 0 aliphatic rings. The van der Waals surface area contributed by atoms with Gasteiger partial charge in [0.05, 0.1) is 23.0 Å². The summed E-state index contributed by atoms with van der Waals surface area (Å²) in [6.45, 7) is 4.14. The molecule has 0 saturated carbocycles. The second kappa shape index (κ2) is 9.82. The lowest BCUT2D eigenvalue weighted by molar-refractivity contribution is -0.148. The van der Waals surface area contributed by atoms with Crippen LogP contribution in [0.3, 0.4) is 0 Å². The number of hydrogen-bond donors (Lipinski definition) is 1. The zero-order chi connectivity index (χ0) is 21.5. The molecule has 0 saturated heterocycles. The molecule has 0 bridgehead atoms. The van der Waals surface area contributed by atoms with Gasteiger partial charge in [-0.15, -0.1) is 0 Å². The van der Waals surface area contributed by atoms with Gasteiger partial charge >= 0.3 is 5.97 Å². The Hall–Kier alpha value is -3.48. The molecule has 30 heavy (non-hydrogen) atoms. The van der Waals surface area contributed by atoms with E-state index in [0.29, 0.717) is 29.0 Å². The molecule has 3 rings (SSSR count).